The van der Waals surface area contributed by atoms with E-state index in [0.717, 1.165) is 49.3 Å². The van der Waals surface area contributed by atoms with E-state index < -0.39 is 11.7 Å². The predicted molar refractivity (Wildman–Crippen MR) is 133 cm³/mol. The number of carbonyl (C=O) groups is 1. The maximum absolute atomic E-state index is 13.7. The Morgan fingerprint density at radius 3 is 2.54 bits per heavy atom. The number of carbonyl (C=O) groups excluding carboxylic acids is 1. The van der Waals surface area contributed by atoms with Crippen molar-refractivity contribution < 1.29 is 22.4 Å². The number of urea groups is 1. The predicted octanol–water partition coefficient (Wildman–Crippen LogP) is 6.44. The molecule has 2 aromatic heterocycles. The van der Waals surface area contributed by atoms with Gasteiger partial charge in [-0.2, -0.15) is 13.2 Å². The summed E-state index contributed by atoms with van der Waals surface area (Å²) in [5.41, 5.74) is 2.10. The van der Waals surface area contributed by atoms with E-state index in [2.05, 4.69) is 15.2 Å². The summed E-state index contributed by atoms with van der Waals surface area (Å²) >= 11 is 0. The fourth-order valence-electron chi connectivity index (χ4n) is 4.97. The zero-order chi connectivity index (χ0) is 25.6. The number of oxazole rings is 1. The van der Waals surface area contributed by atoms with Crippen LogP contribution < -0.4 is 15.1 Å². The van der Waals surface area contributed by atoms with Crippen molar-refractivity contribution in [2.24, 2.45) is 0 Å². The first-order valence-corrected chi connectivity index (χ1v) is 11.9. The number of piperidine rings is 1. The Hall–Kier alpha value is -4.34. The van der Waals surface area contributed by atoms with Crippen LogP contribution in [0, 0.1) is 0 Å². The SMILES string of the molecule is O=C(Nc1cccc(-c2cnco2)c1)N1c2nc(-c3cccc(C(F)(F)F)c3)ccc2N2CCC1CC2. The largest absolute Gasteiger partial charge is 0.444 e. The maximum Gasteiger partial charge on any atom is 0.416 e. The summed E-state index contributed by atoms with van der Waals surface area (Å²) in [6, 6.07) is 15.4. The smallest absolute Gasteiger partial charge is 0.416 e. The molecule has 0 aliphatic carbocycles. The van der Waals surface area contributed by atoms with Crippen LogP contribution in [0.2, 0.25) is 0 Å². The molecule has 3 aliphatic rings. The van der Waals surface area contributed by atoms with Gasteiger partial charge in [-0.05, 0) is 49.2 Å². The summed E-state index contributed by atoms with van der Waals surface area (Å²) in [7, 11) is 0. The van der Waals surface area contributed by atoms with Crippen molar-refractivity contribution in [1.82, 2.24) is 9.97 Å². The molecule has 1 N–H and O–H groups in total. The van der Waals surface area contributed by atoms with E-state index in [-0.39, 0.29) is 12.1 Å². The van der Waals surface area contributed by atoms with Crippen molar-refractivity contribution in [1.29, 1.82) is 0 Å². The Kier molecular flexibility index (Phi) is 5.58. The van der Waals surface area contributed by atoms with E-state index in [0.29, 0.717) is 28.5 Å². The van der Waals surface area contributed by atoms with Gasteiger partial charge in [0.05, 0.1) is 23.1 Å². The van der Waals surface area contributed by atoms with Crippen LogP contribution in [-0.4, -0.2) is 35.1 Å². The molecule has 0 unspecified atom stereocenters. The highest BCUT2D eigenvalue weighted by atomic mass is 19.4. The van der Waals surface area contributed by atoms with Gasteiger partial charge in [-0.3, -0.25) is 4.90 Å². The minimum atomic E-state index is -4.46. The van der Waals surface area contributed by atoms with Gasteiger partial charge in [0.1, 0.15) is 0 Å². The first kappa shape index (κ1) is 23.1. The number of rotatable bonds is 3. The molecule has 0 spiro atoms. The average molecular weight is 506 g/mol. The van der Waals surface area contributed by atoms with Gasteiger partial charge in [0, 0.05) is 35.9 Å². The van der Waals surface area contributed by atoms with E-state index in [4.69, 9.17) is 9.40 Å². The summed E-state index contributed by atoms with van der Waals surface area (Å²) in [5, 5.41) is 2.97. The van der Waals surface area contributed by atoms with Gasteiger partial charge in [-0.15, -0.1) is 0 Å². The number of halogens is 3. The van der Waals surface area contributed by atoms with Crippen molar-refractivity contribution >= 4 is 23.2 Å². The Balaban J connectivity index is 1.36. The number of benzene rings is 2. The van der Waals surface area contributed by atoms with Crippen LogP contribution in [0.5, 0.6) is 0 Å². The highest BCUT2D eigenvalue weighted by molar-refractivity contribution is 6.04. The molecule has 37 heavy (non-hydrogen) atoms. The molecule has 2 amide bonds. The first-order chi connectivity index (χ1) is 17.9. The fourth-order valence-corrected chi connectivity index (χ4v) is 4.97. The summed E-state index contributed by atoms with van der Waals surface area (Å²) in [4.78, 5) is 26.2. The fraction of sp³-hybridized carbons (Fsp3) is 0.222. The lowest BCUT2D eigenvalue weighted by atomic mass is 10.1. The number of aromatic nitrogens is 2. The van der Waals surface area contributed by atoms with Gasteiger partial charge in [-0.1, -0.05) is 24.3 Å². The third-order valence-electron chi connectivity index (χ3n) is 6.79. The van der Waals surface area contributed by atoms with E-state index in [1.54, 1.807) is 35.4 Å². The topological polar surface area (TPSA) is 74.5 Å². The van der Waals surface area contributed by atoms with E-state index in [9.17, 15) is 18.0 Å². The molecular formula is C27H22F3N5O2. The monoisotopic (exact) mass is 505 g/mol. The third kappa shape index (κ3) is 4.39. The van der Waals surface area contributed by atoms with Crippen LogP contribution in [0.1, 0.15) is 18.4 Å². The molecule has 4 aromatic rings. The standard InChI is InChI=1S/C27H22F3N5O2/c28-27(29,30)19-5-1-3-17(13-19)22-7-8-23-25(33-22)35(21-9-11-34(23)12-10-21)26(36)32-20-6-2-4-18(14-20)24-15-31-16-37-24/h1-8,13-16,21H,9-12H2,(H,32,36). The Labute approximate surface area is 210 Å². The number of hydrogen-bond donors (Lipinski definition) is 1. The second-order valence-electron chi connectivity index (χ2n) is 9.08. The molecule has 10 heteroatoms. The average Bonchev–Trinajstić information content (AvgIpc) is 3.34. The second kappa shape index (κ2) is 8.95. The van der Waals surface area contributed by atoms with Crippen LogP contribution in [0.25, 0.3) is 22.6 Å². The number of pyridine rings is 1. The van der Waals surface area contributed by atoms with E-state index in [1.807, 2.05) is 18.2 Å². The normalized spacial score (nSPS) is 15.4. The summed E-state index contributed by atoms with van der Waals surface area (Å²) in [6.45, 7) is 1.54. The van der Waals surface area contributed by atoms with Gasteiger partial charge in [-0.25, -0.2) is 14.8 Å². The molecule has 188 valence electrons. The number of hydrogen-bond acceptors (Lipinski definition) is 5. The Morgan fingerprint density at radius 2 is 1.78 bits per heavy atom. The minimum Gasteiger partial charge on any atom is -0.444 e. The lowest BCUT2D eigenvalue weighted by Gasteiger charge is -2.31. The molecule has 1 saturated heterocycles. The molecule has 3 aliphatic heterocycles. The van der Waals surface area contributed by atoms with Crippen LogP contribution in [0.4, 0.5) is 35.2 Å². The van der Waals surface area contributed by atoms with Crippen molar-refractivity contribution in [3.63, 3.8) is 0 Å². The van der Waals surface area contributed by atoms with E-state index in [1.165, 1.54) is 12.5 Å². The lowest BCUT2D eigenvalue weighted by molar-refractivity contribution is -0.137. The Morgan fingerprint density at radius 1 is 1.00 bits per heavy atom. The molecule has 7 rings (SSSR count). The molecule has 2 aromatic carbocycles. The molecule has 2 bridgehead atoms. The highest BCUT2D eigenvalue weighted by Gasteiger charge is 2.37. The van der Waals surface area contributed by atoms with Crippen LogP contribution in [0.15, 0.2) is 77.7 Å². The van der Waals surface area contributed by atoms with Gasteiger partial charge < -0.3 is 14.6 Å². The first-order valence-electron chi connectivity index (χ1n) is 11.9. The van der Waals surface area contributed by atoms with E-state index >= 15 is 0 Å². The minimum absolute atomic E-state index is 0.0841. The number of amides is 2. The molecule has 7 nitrogen and oxygen atoms in total. The molecule has 0 atom stereocenters. The zero-order valence-electron chi connectivity index (χ0n) is 19.6. The molecule has 0 radical (unpaired) electrons. The zero-order valence-corrected chi connectivity index (χ0v) is 19.6. The molecule has 1 fully saturated rings. The van der Waals surface area contributed by atoms with Gasteiger partial charge >= 0.3 is 12.2 Å². The van der Waals surface area contributed by atoms with Gasteiger partial charge in [0.15, 0.2) is 18.0 Å². The third-order valence-corrected chi connectivity index (χ3v) is 6.79. The number of anilines is 3. The molecular weight excluding hydrogens is 483 g/mol. The Bertz CT molecular complexity index is 1450. The summed E-state index contributed by atoms with van der Waals surface area (Å²) < 4.78 is 45.3. The van der Waals surface area contributed by atoms with Crippen LogP contribution in [-0.2, 0) is 6.18 Å². The summed E-state index contributed by atoms with van der Waals surface area (Å²) in [5.74, 6) is 1.02. The lowest BCUT2D eigenvalue weighted by Crippen LogP contribution is -2.46. The van der Waals surface area contributed by atoms with Gasteiger partial charge in [0.2, 0.25) is 0 Å². The maximum atomic E-state index is 13.7. The number of alkyl halides is 3. The number of nitrogens with zero attached hydrogens (tertiary/aromatic N) is 4. The van der Waals surface area contributed by atoms with Crippen molar-refractivity contribution in [3.8, 4) is 22.6 Å². The molecule has 0 saturated carbocycles. The van der Waals surface area contributed by atoms with Crippen molar-refractivity contribution in [2.75, 3.05) is 28.2 Å². The molecule has 5 heterocycles. The van der Waals surface area contributed by atoms with Crippen LogP contribution in [0.3, 0.4) is 0 Å². The number of nitrogens with one attached hydrogen (secondary N) is 1. The quantitative estimate of drug-likeness (QED) is 0.347. The van der Waals surface area contributed by atoms with Gasteiger partial charge in [0.25, 0.3) is 0 Å². The second-order valence-corrected chi connectivity index (χ2v) is 9.08. The van der Waals surface area contributed by atoms with Crippen molar-refractivity contribution in [3.05, 3.63) is 78.8 Å². The summed E-state index contributed by atoms with van der Waals surface area (Å²) in [6.07, 6.45) is 0.00675. The van der Waals surface area contributed by atoms with Crippen LogP contribution >= 0.6 is 0 Å². The highest BCUT2D eigenvalue weighted by Crippen LogP contribution is 2.40. The van der Waals surface area contributed by atoms with Crippen molar-refractivity contribution in [2.45, 2.75) is 25.1 Å². The number of fused-ring (bicyclic) bond motifs is 2.